The van der Waals surface area contributed by atoms with E-state index in [1.54, 1.807) is 6.92 Å². The molecule has 3 N–H and O–H groups in total. The van der Waals surface area contributed by atoms with Crippen molar-refractivity contribution in [3.05, 3.63) is 47.0 Å². The quantitative estimate of drug-likeness (QED) is 0.792. The SMILES string of the molecule is Cc1nc([C@H]2C[C@H](CNC(=O)c3ccc(F)cc3F)[C@H](O)C2)n[nH]1. The molecule has 1 aromatic heterocycles. The lowest BCUT2D eigenvalue weighted by Crippen LogP contribution is -2.32. The highest BCUT2D eigenvalue weighted by molar-refractivity contribution is 5.94. The number of nitrogens with zero attached hydrogens (tertiary/aromatic N) is 2. The van der Waals surface area contributed by atoms with E-state index in [2.05, 4.69) is 20.5 Å². The van der Waals surface area contributed by atoms with Crippen LogP contribution in [-0.2, 0) is 0 Å². The zero-order valence-corrected chi connectivity index (χ0v) is 13.1. The number of aliphatic hydroxyl groups excluding tert-OH is 1. The molecule has 0 aliphatic heterocycles. The number of aromatic amines is 1. The van der Waals surface area contributed by atoms with Gasteiger partial charge in [0.1, 0.15) is 17.5 Å². The zero-order valence-electron chi connectivity index (χ0n) is 13.1. The highest BCUT2D eigenvalue weighted by Gasteiger charge is 2.35. The summed E-state index contributed by atoms with van der Waals surface area (Å²) in [6.45, 7) is 2.01. The Morgan fingerprint density at radius 1 is 1.42 bits per heavy atom. The molecule has 1 amide bonds. The summed E-state index contributed by atoms with van der Waals surface area (Å²) in [6.07, 6.45) is 0.556. The number of hydrogen-bond donors (Lipinski definition) is 3. The van der Waals surface area contributed by atoms with Crippen LogP contribution in [0.4, 0.5) is 8.78 Å². The summed E-state index contributed by atoms with van der Waals surface area (Å²) in [5.74, 6) is -1.05. The van der Waals surface area contributed by atoms with E-state index in [9.17, 15) is 18.7 Å². The summed E-state index contributed by atoms with van der Waals surface area (Å²) in [5.41, 5.74) is -0.218. The molecule has 2 aromatic rings. The number of halogens is 2. The maximum absolute atomic E-state index is 13.6. The summed E-state index contributed by atoms with van der Waals surface area (Å²) in [4.78, 5) is 16.3. The number of carbonyl (C=O) groups excluding carboxylic acids is 1. The van der Waals surface area contributed by atoms with Crippen LogP contribution in [0.1, 0.15) is 40.8 Å². The number of benzene rings is 1. The highest BCUT2D eigenvalue weighted by Crippen LogP contribution is 2.36. The molecule has 8 heteroatoms. The maximum atomic E-state index is 13.6. The first kappa shape index (κ1) is 16.5. The molecule has 1 saturated carbocycles. The molecule has 0 saturated heterocycles. The molecular weight excluding hydrogens is 318 g/mol. The monoisotopic (exact) mass is 336 g/mol. The number of nitrogens with one attached hydrogen (secondary N) is 2. The van der Waals surface area contributed by atoms with Crippen LogP contribution < -0.4 is 5.32 Å². The number of aliphatic hydroxyl groups is 1. The van der Waals surface area contributed by atoms with Crippen molar-refractivity contribution in [1.82, 2.24) is 20.5 Å². The topological polar surface area (TPSA) is 90.9 Å². The smallest absolute Gasteiger partial charge is 0.254 e. The Balaban J connectivity index is 1.59. The largest absolute Gasteiger partial charge is 0.393 e. The molecule has 1 aliphatic carbocycles. The lowest BCUT2D eigenvalue weighted by Gasteiger charge is -2.15. The zero-order chi connectivity index (χ0) is 17.3. The first-order valence-corrected chi connectivity index (χ1v) is 7.74. The third-order valence-corrected chi connectivity index (χ3v) is 4.34. The Morgan fingerprint density at radius 3 is 2.88 bits per heavy atom. The molecule has 6 nitrogen and oxygen atoms in total. The van der Waals surface area contributed by atoms with E-state index in [4.69, 9.17) is 0 Å². The van der Waals surface area contributed by atoms with Crippen LogP contribution in [0, 0.1) is 24.5 Å². The summed E-state index contributed by atoms with van der Waals surface area (Å²) in [5, 5.41) is 19.6. The predicted molar refractivity (Wildman–Crippen MR) is 81.3 cm³/mol. The second-order valence-electron chi connectivity index (χ2n) is 6.11. The Labute approximate surface area is 137 Å². The van der Waals surface area contributed by atoms with Crippen LogP contribution in [0.25, 0.3) is 0 Å². The molecule has 0 radical (unpaired) electrons. The minimum atomic E-state index is -0.909. The van der Waals surface area contributed by atoms with Gasteiger partial charge in [0, 0.05) is 24.4 Å². The van der Waals surface area contributed by atoms with Gasteiger partial charge in [0.25, 0.3) is 5.91 Å². The van der Waals surface area contributed by atoms with Gasteiger partial charge in [-0.25, -0.2) is 13.8 Å². The molecule has 0 spiro atoms. The van der Waals surface area contributed by atoms with Gasteiger partial charge in [0.15, 0.2) is 5.82 Å². The van der Waals surface area contributed by atoms with Crippen molar-refractivity contribution in [3.8, 4) is 0 Å². The molecule has 0 unspecified atom stereocenters. The normalized spacial score (nSPS) is 23.4. The number of aromatic nitrogens is 3. The van der Waals surface area contributed by atoms with Crippen LogP contribution in [0.15, 0.2) is 18.2 Å². The molecule has 0 bridgehead atoms. The summed E-state index contributed by atoms with van der Waals surface area (Å²) in [6, 6.07) is 2.80. The van der Waals surface area contributed by atoms with Crippen molar-refractivity contribution in [2.24, 2.45) is 5.92 Å². The molecular formula is C16H18F2N4O2. The Kier molecular flexibility index (Phi) is 4.57. The number of H-pyrrole nitrogens is 1. The van der Waals surface area contributed by atoms with Gasteiger partial charge in [-0.1, -0.05) is 0 Å². The Bertz CT molecular complexity index is 749. The van der Waals surface area contributed by atoms with E-state index in [0.29, 0.717) is 30.6 Å². The molecule has 3 rings (SSSR count). The molecule has 1 fully saturated rings. The first-order valence-electron chi connectivity index (χ1n) is 7.74. The van der Waals surface area contributed by atoms with Crippen molar-refractivity contribution in [3.63, 3.8) is 0 Å². The van der Waals surface area contributed by atoms with E-state index >= 15 is 0 Å². The van der Waals surface area contributed by atoms with E-state index in [0.717, 1.165) is 12.1 Å². The van der Waals surface area contributed by atoms with Crippen LogP contribution in [0.2, 0.25) is 0 Å². The molecule has 24 heavy (non-hydrogen) atoms. The molecule has 3 atom stereocenters. The molecule has 1 aliphatic rings. The molecule has 1 heterocycles. The molecule has 1 aromatic carbocycles. The second kappa shape index (κ2) is 6.64. The van der Waals surface area contributed by atoms with Crippen molar-refractivity contribution in [2.45, 2.75) is 31.8 Å². The average molecular weight is 336 g/mol. The Morgan fingerprint density at radius 2 is 2.21 bits per heavy atom. The number of carbonyl (C=O) groups is 1. The third kappa shape index (κ3) is 3.43. The standard InChI is InChI=1S/C16H18F2N4O2/c1-8-20-15(22-21-8)9-4-10(14(23)5-9)7-19-16(24)12-3-2-11(17)6-13(12)18/h2-3,6,9-10,14,23H,4-5,7H2,1H3,(H,19,24)(H,20,21,22)/t9-,10+,14+/m0/s1. The number of aryl methyl sites for hydroxylation is 1. The summed E-state index contributed by atoms with van der Waals surface area (Å²) >= 11 is 0. The van der Waals surface area contributed by atoms with Crippen LogP contribution in [-0.4, -0.2) is 38.8 Å². The van der Waals surface area contributed by atoms with Crippen LogP contribution >= 0.6 is 0 Å². The highest BCUT2D eigenvalue weighted by atomic mass is 19.1. The van der Waals surface area contributed by atoms with Gasteiger partial charge < -0.3 is 10.4 Å². The fraction of sp³-hybridized carbons (Fsp3) is 0.438. The second-order valence-corrected chi connectivity index (χ2v) is 6.11. The van der Waals surface area contributed by atoms with E-state index in [-0.39, 0.29) is 23.9 Å². The number of rotatable bonds is 4. The average Bonchev–Trinajstić information content (AvgIpc) is 3.11. The Hall–Kier alpha value is -2.35. The van der Waals surface area contributed by atoms with Crippen LogP contribution in [0.3, 0.4) is 0 Å². The lowest BCUT2D eigenvalue weighted by atomic mass is 10.0. The van der Waals surface area contributed by atoms with Gasteiger partial charge in [-0.2, -0.15) is 5.10 Å². The third-order valence-electron chi connectivity index (χ3n) is 4.34. The predicted octanol–water partition coefficient (Wildman–Crippen LogP) is 1.68. The van der Waals surface area contributed by atoms with Crippen molar-refractivity contribution >= 4 is 5.91 Å². The number of amides is 1. The minimum absolute atomic E-state index is 0.0226. The van der Waals surface area contributed by atoms with E-state index < -0.39 is 23.6 Å². The van der Waals surface area contributed by atoms with Gasteiger partial charge in [0.2, 0.25) is 0 Å². The van der Waals surface area contributed by atoms with Crippen molar-refractivity contribution in [1.29, 1.82) is 0 Å². The summed E-state index contributed by atoms with van der Waals surface area (Å²) in [7, 11) is 0. The number of hydrogen-bond acceptors (Lipinski definition) is 4. The van der Waals surface area contributed by atoms with E-state index in [1.165, 1.54) is 0 Å². The fourth-order valence-corrected chi connectivity index (χ4v) is 3.07. The van der Waals surface area contributed by atoms with Gasteiger partial charge in [0.05, 0.1) is 11.7 Å². The van der Waals surface area contributed by atoms with Gasteiger partial charge in [-0.15, -0.1) is 0 Å². The van der Waals surface area contributed by atoms with Crippen molar-refractivity contribution in [2.75, 3.05) is 6.54 Å². The molecule has 128 valence electrons. The minimum Gasteiger partial charge on any atom is -0.393 e. The van der Waals surface area contributed by atoms with Crippen molar-refractivity contribution < 1.29 is 18.7 Å². The van der Waals surface area contributed by atoms with Gasteiger partial charge in [-0.05, 0) is 31.9 Å². The first-order chi connectivity index (χ1) is 11.4. The van der Waals surface area contributed by atoms with Gasteiger partial charge in [-0.3, -0.25) is 9.89 Å². The summed E-state index contributed by atoms with van der Waals surface area (Å²) < 4.78 is 26.5. The van der Waals surface area contributed by atoms with Crippen LogP contribution in [0.5, 0.6) is 0 Å². The van der Waals surface area contributed by atoms with Gasteiger partial charge >= 0.3 is 0 Å². The lowest BCUT2D eigenvalue weighted by molar-refractivity contribution is 0.0913. The maximum Gasteiger partial charge on any atom is 0.254 e. The fourth-order valence-electron chi connectivity index (χ4n) is 3.07. The van der Waals surface area contributed by atoms with E-state index in [1.807, 2.05) is 0 Å².